The van der Waals surface area contributed by atoms with Gasteiger partial charge in [-0.3, -0.25) is 0 Å². The summed E-state index contributed by atoms with van der Waals surface area (Å²) in [7, 11) is 4.02. The summed E-state index contributed by atoms with van der Waals surface area (Å²) in [4.78, 5) is 6.51. The number of nitrogens with one attached hydrogen (secondary N) is 2. The van der Waals surface area contributed by atoms with Gasteiger partial charge in [-0.1, -0.05) is 6.07 Å². The molecule has 128 valence electrons. The molecule has 0 fully saturated rings. The van der Waals surface area contributed by atoms with E-state index >= 15 is 0 Å². The van der Waals surface area contributed by atoms with Crippen molar-refractivity contribution in [3.05, 3.63) is 58.7 Å². The molecule has 0 aliphatic carbocycles. The molecular formula is C18H19BrN6. The van der Waals surface area contributed by atoms with Crippen molar-refractivity contribution < 1.29 is 0 Å². The molecule has 0 bridgehead atoms. The average molecular weight is 399 g/mol. The van der Waals surface area contributed by atoms with Gasteiger partial charge in [-0.2, -0.15) is 10.1 Å². The van der Waals surface area contributed by atoms with Gasteiger partial charge >= 0.3 is 0 Å². The monoisotopic (exact) mass is 398 g/mol. The molecule has 0 saturated heterocycles. The fourth-order valence-electron chi connectivity index (χ4n) is 2.25. The molecule has 3 aromatic rings. The number of anilines is 5. The molecule has 3 rings (SSSR count). The Hall–Kier alpha value is -2.67. The number of nitrogens with zero attached hydrogens (tertiary/aromatic N) is 4. The first-order chi connectivity index (χ1) is 12.0. The summed E-state index contributed by atoms with van der Waals surface area (Å²) in [5, 5.41) is 14.5. The van der Waals surface area contributed by atoms with Crippen molar-refractivity contribution in [2.24, 2.45) is 0 Å². The quantitative estimate of drug-likeness (QED) is 0.659. The van der Waals surface area contributed by atoms with Crippen LogP contribution in [0.25, 0.3) is 0 Å². The van der Waals surface area contributed by atoms with Crippen LogP contribution in [0.1, 0.15) is 5.56 Å². The van der Waals surface area contributed by atoms with E-state index in [4.69, 9.17) is 0 Å². The summed E-state index contributed by atoms with van der Waals surface area (Å²) in [6.07, 6.45) is 1.59. The lowest BCUT2D eigenvalue weighted by Gasteiger charge is -2.13. The number of rotatable bonds is 5. The SMILES string of the molecule is Cc1ccc(Nc2nncc(Nc3ccc(N(C)C)cc3)n2)c(Br)c1. The van der Waals surface area contributed by atoms with Crippen molar-refractivity contribution in [3.8, 4) is 0 Å². The molecule has 6 nitrogen and oxygen atoms in total. The van der Waals surface area contributed by atoms with Crippen LogP contribution >= 0.6 is 15.9 Å². The minimum absolute atomic E-state index is 0.430. The van der Waals surface area contributed by atoms with Crippen LogP contribution in [0.2, 0.25) is 0 Å². The Labute approximate surface area is 155 Å². The van der Waals surface area contributed by atoms with Crippen LogP contribution in [0.5, 0.6) is 0 Å². The first-order valence-corrected chi connectivity index (χ1v) is 8.58. The summed E-state index contributed by atoms with van der Waals surface area (Å²) in [6.45, 7) is 2.04. The van der Waals surface area contributed by atoms with Gasteiger partial charge in [-0.05, 0) is 64.8 Å². The molecule has 0 atom stereocenters. The fraction of sp³-hybridized carbons (Fsp3) is 0.167. The van der Waals surface area contributed by atoms with Gasteiger partial charge in [0.1, 0.15) is 0 Å². The highest BCUT2D eigenvalue weighted by Crippen LogP contribution is 2.26. The third-order valence-corrected chi connectivity index (χ3v) is 4.24. The van der Waals surface area contributed by atoms with Gasteiger partial charge in [0.05, 0.1) is 11.9 Å². The Morgan fingerprint density at radius 2 is 1.76 bits per heavy atom. The number of hydrogen-bond acceptors (Lipinski definition) is 6. The van der Waals surface area contributed by atoms with Crippen molar-refractivity contribution >= 4 is 44.8 Å². The summed E-state index contributed by atoms with van der Waals surface area (Å²) in [5.74, 6) is 1.05. The molecule has 2 N–H and O–H groups in total. The Kier molecular flexibility index (Phi) is 5.14. The van der Waals surface area contributed by atoms with E-state index in [1.54, 1.807) is 6.20 Å². The minimum Gasteiger partial charge on any atom is -0.378 e. The van der Waals surface area contributed by atoms with Gasteiger partial charge in [0.15, 0.2) is 5.82 Å². The zero-order chi connectivity index (χ0) is 17.8. The van der Waals surface area contributed by atoms with E-state index in [0.29, 0.717) is 11.8 Å². The van der Waals surface area contributed by atoms with E-state index in [9.17, 15) is 0 Å². The van der Waals surface area contributed by atoms with E-state index in [2.05, 4.69) is 46.6 Å². The van der Waals surface area contributed by atoms with Gasteiger partial charge in [0, 0.05) is 29.9 Å². The van der Waals surface area contributed by atoms with Gasteiger partial charge < -0.3 is 15.5 Å². The Morgan fingerprint density at radius 3 is 2.44 bits per heavy atom. The van der Waals surface area contributed by atoms with Crippen LogP contribution < -0.4 is 15.5 Å². The molecule has 0 saturated carbocycles. The standard InChI is InChI=1S/C18H19BrN6/c1-12-4-9-16(15(19)10-12)22-18-23-17(11-20-24-18)21-13-5-7-14(8-6-13)25(2)3/h4-11H,1-3H3,(H2,21,22,23,24). The lowest BCUT2D eigenvalue weighted by atomic mass is 10.2. The molecule has 1 aromatic heterocycles. The molecule has 7 heteroatoms. The molecule has 25 heavy (non-hydrogen) atoms. The van der Waals surface area contributed by atoms with E-state index in [1.807, 2.05) is 63.5 Å². The minimum atomic E-state index is 0.430. The van der Waals surface area contributed by atoms with Crippen molar-refractivity contribution in [2.75, 3.05) is 29.6 Å². The normalized spacial score (nSPS) is 10.4. The van der Waals surface area contributed by atoms with Crippen LogP contribution in [0, 0.1) is 6.92 Å². The second kappa shape index (κ2) is 7.48. The lowest BCUT2D eigenvalue weighted by molar-refractivity contribution is 0.982. The average Bonchev–Trinajstić information content (AvgIpc) is 2.58. The second-order valence-corrected chi connectivity index (χ2v) is 6.69. The predicted octanol–water partition coefficient (Wildman–Crippen LogP) is 4.50. The van der Waals surface area contributed by atoms with E-state index in [-0.39, 0.29) is 0 Å². The Morgan fingerprint density at radius 1 is 1.00 bits per heavy atom. The number of hydrogen-bond donors (Lipinski definition) is 2. The van der Waals surface area contributed by atoms with Gasteiger partial charge in [-0.25, -0.2) is 0 Å². The third kappa shape index (κ3) is 4.45. The predicted molar refractivity (Wildman–Crippen MR) is 106 cm³/mol. The van der Waals surface area contributed by atoms with Gasteiger partial charge in [0.25, 0.3) is 0 Å². The van der Waals surface area contributed by atoms with Crippen LogP contribution in [-0.4, -0.2) is 29.3 Å². The van der Waals surface area contributed by atoms with Crippen molar-refractivity contribution in [2.45, 2.75) is 6.92 Å². The molecule has 0 aliphatic rings. The molecule has 0 aliphatic heterocycles. The van der Waals surface area contributed by atoms with Crippen LogP contribution in [0.3, 0.4) is 0 Å². The summed E-state index contributed by atoms with van der Waals surface area (Å²) in [6, 6.07) is 14.1. The maximum atomic E-state index is 4.46. The molecule has 0 unspecified atom stereocenters. The zero-order valence-corrected chi connectivity index (χ0v) is 15.9. The second-order valence-electron chi connectivity index (χ2n) is 5.84. The van der Waals surface area contributed by atoms with Gasteiger partial charge in [-0.15, -0.1) is 5.10 Å². The number of benzene rings is 2. The highest BCUT2D eigenvalue weighted by Gasteiger charge is 2.05. The first kappa shape index (κ1) is 17.2. The highest BCUT2D eigenvalue weighted by molar-refractivity contribution is 9.10. The van der Waals surface area contributed by atoms with E-state index in [0.717, 1.165) is 21.5 Å². The molecular weight excluding hydrogens is 380 g/mol. The van der Waals surface area contributed by atoms with Crippen molar-refractivity contribution in [1.29, 1.82) is 0 Å². The molecule has 0 spiro atoms. The number of aryl methyl sites for hydroxylation is 1. The summed E-state index contributed by atoms with van der Waals surface area (Å²) in [5.41, 5.74) is 4.14. The van der Waals surface area contributed by atoms with Crippen molar-refractivity contribution in [1.82, 2.24) is 15.2 Å². The Bertz CT molecular complexity index is 864. The first-order valence-electron chi connectivity index (χ1n) is 7.78. The van der Waals surface area contributed by atoms with Crippen LogP contribution in [-0.2, 0) is 0 Å². The molecule has 1 heterocycles. The van der Waals surface area contributed by atoms with Crippen LogP contribution in [0.4, 0.5) is 28.8 Å². The van der Waals surface area contributed by atoms with Gasteiger partial charge in [0.2, 0.25) is 5.95 Å². The number of halogens is 1. The largest absolute Gasteiger partial charge is 0.378 e. The smallest absolute Gasteiger partial charge is 0.249 e. The lowest BCUT2D eigenvalue weighted by Crippen LogP contribution is -2.08. The highest BCUT2D eigenvalue weighted by atomic mass is 79.9. The topological polar surface area (TPSA) is 66.0 Å². The maximum Gasteiger partial charge on any atom is 0.249 e. The molecule has 2 aromatic carbocycles. The molecule has 0 radical (unpaired) electrons. The summed E-state index contributed by atoms with van der Waals surface area (Å²) >= 11 is 3.54. The zero-order valence-electron chi connectivity index (χ0n) is 14.3. The third-order valence-electron chi connectivity index (χ3n) is 3.59. The molecule has 0 amide bonds. The maximum absolute atomic E-state index is 4.46. The fourth-order valence-corrected chi connectivity index (χ4v) is 2.84. The van der Waals surface area contributed by atoms with Crippen molar-refractivity contribution in [3.63, 3.8) is 0 Å². The van der Waals surface area contributed by atoms with E-state index < -0.39 is 0 Å². The van der Waals surface area contributed by atoms with Crippen LogP contribution in [0.15, 0.2) is 53.1 Å². The number of aromatic nitrogens is 3. The Balaban J connectivity index is 1.75. The summed E-state index contributed by atoms with van der Waals surface area (Å²) < 4.78 is 0.953. The van der Waals surface area contributed by atoms with E-state index in [1.165, 1.54) is 5.56 Å².